The van der Waals surface area contributed by atoms with Crippen LogP contribution in [0.25, 0.3) is 0 Å². The molecule has 0 saturated carbocycles. The van der Waals surface area contributed by atoms with E-state index < -0.39 is 17.9 Å². The van der Waals surface area contributed by atoms with Gasteiger partial charge in [-0.25, -0.2) is 0 Å². The summed E-state index contributed by atoms with van der Waals surface area (Å²) in [6, 6.07) is -0.894. The van der Waals surface area contributed by atoms with Gasteiger partial charge in [-0.2, -0.15) is 0 Å². The maximum atomic E-state index is 11.4. The molecule has 0 heterocycles. The van der Waals surface area contributed by atoms with Crippen LogP contribution in [0.5, 0.6) is 0 Å². The molecule has 0 bridgehead atoms. The van der Waals surface area contributed by atoms with E-state index in [1.807, 2.05) is 24.3 Å². The smallest absolute Gasteiger partial charge is 0.325 e. The Kier molecular flexibility index (Phi) is 16.8. The quantitative estimate of drug-likeness (QED) is 0.226. The maximum Gasteiger partial charge on any atom is 0.325 e. The zero-order valence-electron chi connectivity index (χ0n) is 16.8. The van der Waals surface area contributed by atoms with Crippen molar-refractivity contribution in [2.75, 3.05) is 0 Å². The number of aliphatic carboxylic acids is 1. The van der Waals surface area contributed by atoms with E-state index in [2.05, 4.69) is 24.4 Å². The van der Waals surface area contributed by atoms with Crippen LogP contribution in [0, 0.1) is 0 Å². The van der Waals surface area contributed by atoms with Gasteiger partial charge in [0.2, 0.25) is 5.91 Å². The summed E-state index contributed by atoms with van der Waals surface area (Å²) in [5.74, 6) is -1.48. The van der Waals surface area contributed by atoms with Crippen LogP contribution in [0.1, 0.15) is 65.2 Å². The summed E-state index contributed by atoms with van der Waals surface area (Å²) in [6.07, 6.45) is 28.9. The summed E-state index contributed by atoms with van der Waals surface area (Å²) in [7, 11) is 0. The summed E-state index contributed by atoms with van der Waals surface area (Å²) in [5, 5.41) is 11.0. The molecular formula is C23H35NO3. The van der Waals surface area contributed by atoms with Gasteiger partial charge in [0.05, 0.1) is 0 Å². The number of nitrogens with one attached hydrogen (secondary N) is 1. The van der Waals surface area contributed by atoms with E-state index >= 15 is 0 Å². The normalized spacial score (nSPS) is 13.6. The van der Waals surface area contributed by atoms with Gasteiger partial charge in [-0.15, -0.1) is 0 Å². The van der Waals surface area contributed by atoms with Crippen LogP contribution in [0.3, 0.4) is 0 Å². The summed E-state index contributed by atoms with van der Waals surface area (Å²) in [6.45, 7) is 3.66. The highest BCUT2D eigenvalue weighted by Crippen LogP contribution is 2.08. The zero-order chi connectivity index (χ0) is 20.2. The summed E-state index contributed by atoms with van der Waals surface area (Å²) in [4.78, 5) is 22.0. The van der Waals surface area contributed by atoms with Crippen molar-refractivity contribution in [1.82, 2.24) is 5.32 Å². The van der Waals surface area contributed by atoms with Crippen molar-refractivity contribution < 1.29 is 14.7 Å². The molecule has 2 N–H and O–H groups in total. The summed E-state index contributed by atoms with van der Waals surface area (Å²) >= 11 is 0. The van der Waals surface area contributed by atoms with Gasteiger partial charge >= 0.3 is 5.97 Å². The minimum atomic E-state index is -1.06. The molecule has 0 aromatic heterocycles. The fraction of sp³-hybridized carbons (Fsp3) is 0.478. The highest BCUT2D eigenvalue weighted by atomic mass is 16.4. The van der Waals surface area contributed by atoms with E-state index in [1.165, 1.54) is 57.9 Å². The molecule has 150 valence electrons. The average molecular weight is 374 g/mol. The minimum Gasteiger partial charge on any atom is -0.480 e. The molecule has 0 aromatic carbocycles. The third kappa shape index (κ3) is 18.2. The van der Waals surface area contributed by atoms with Gasteiger partial charge in [0.1, 0.15) is 6.04 Å². The van der Waals surface area contributed by atoms with Gasteiger partial charge < -0.3 is 10.4 Å². The van der Waals surface area contributed by atoms with E-state index in [4.69, 9.17) is 5.11 Å². The monoisotopic (exact) mass is 373 g/mol. The lowest BCUT2D eigenvalue weighted by atomic mass is 10.1. The van der Waals surface area contributed by atoms with Crippen molar-refractivity contribution in [3.05, 3.63) is 60.8 Å². The Morgan fingerprint density at radius 2 is 1.33 bits per heavy atom. The molecule has 4 nitrogen and oxygen atoms in total. The van der Waals surface area contributed by atoms with E-state index in [-0.39, 0.29) is 0 Å². The molecule has 0 aliphatic heterocycles. The molecule has 0 aromatic rings. The highest BCUT2D eigenvalue weighted by molar-refractivity contribution is 5.91. The summed E-state index contributed by atoms with van der Waals surface area (Å²) in [5.41, 5.74) is 0. The predicted molar refractivity (Wildman–Crippen MR) is 114 cm³/mol. The van der Waals surface area contributed by atoms with Gasteiger partial charge in [-0.1, -0.05) is 100 Å². The van der Waals surface area contributed by atoms with Crippen LogP contribution in [0.15, 0.2) is 60.8 Å². The van der Waals surface area contributed by atoms with E-state index in [9.17, 15) is 9.59 Å². The Morgan fingerprint density at radius 1 is 0.815 bits per heavy atom. The predicted octanol–water partition coefficient (Wildman–Crippen LogP) is 5.50. The highest BCUT2D eigenvalue weighted by Gasteiger charge is 2.11. The van der Waals surface area contributed by atoms with E-state index in [1.54, 1.807) is 18.2 Å². The Morgan fingerprint density at radius 3 is 1.93 bits per heavy atom. The number of carbonyl (C=O) groups is 2. The second-order valence-corrected chi connectivity index (χ2v) is 6.42. The number of allylic oxidation sites excluding steroid dienone is 9. The van der Waals surface area contributed by atoms with Crippen LogP contribution >= 0.6 is 0 Å². The van der Waals surface area contributed by atoms with Crippen molar-refractivity contribution in [1.29, 1.82) is 0 Å². The van der Waals surface area contributed by atoms with Crippen LogP contribution in [-0.4, -0.2) is 23.0 Å². The minimum absolute atomic E-state index is 0.426. The zero-order valence-corrected chi connectivity index (χ0v) is 16.8. The number of hydrogen-bond donors (Lipinski definition) is 2. The molecule has 0 fully saturated rings. The fourth-order valence-corrected chi connectivity index (χ4v) is 2.25. The first-order chi connectivity index (χ1) is 13.1. The molecule has 1 atom stereocenters. The number of hydrogen-bond acceptors (Lipinski definition) is 2. The average Bonchev–Trinajstić information content (AvgIpc) is 2.64. The number of amides is 1. The lowest BCUT2D eigenvalue weighted by Gasteiger charge is -2.05. The molecule has 1 amide bonds. The van der Waals surface area contributed by atoms with Gasteiger partial charge in [0.15, 0.2) is 0 Å². The molecule has 0 radical (unpaired) electrons. The number of carboxylic acids is 1. The SMILES string of the molecule is CCCCCCCCC/C=C/C=C/C=C/C=C/C=C/C(=O)N[C@H](C)C(=O)O. The molecular weight excluding hydrogens is 338 g/mol. The lowest BCUT2D eigenvalue weighted by molar-refractivity contribution is -0.140. The van der Waals surface area contributed by atoms with Crippen molar-refractivity contribution in [3.63, 3.8) is 0 Å². The number of unbranched alkanes of at least 4 members (excludes halogenated alkanes) is 7. The molecule has 0 saturated heterocycles. The number of carbonyl (C=O) groups excluding carboxylic acids is 1. The van der Waals surface area contributed by atoms with Crippen molar-refractivity contribution in [2.24, 2.45) is 0 Å². The number of carboxylic acid groups (broad SMARTS) is 1. The Bertz CT molecular complexity index is 542. The van der Waals surface area contributed by atoms with Gasteiger partial charge in [-0.05, 0) is 19.8 Å². The molecule has 0 spiro atoms. The van der Waals surface area contributed by atoms with Crippen LogP contribution < -0.4 is 5.32 Å². The Hall–Kier alpha value is -2.36. The molecule has 0 aliphatic carbocycles. The first-order valence-corrected chi connectivity index (χ1v) is 9.94. The lowest BCUT2D eigenvalue weighted by Crippen LogP contribution is -2.37. The molecule has 0 rings (SSSR count). The fourth-order valence-electron chi connectivity index (χ4n) is 2.25. The third-order valence-corrected chi connectivity index (χ3v) is 3.86. The Balaban J connectivity index is 3.74. The first kappa shape index (κ1) is 24.6. The Labute approximate surface area is 164 Å². The van der Waals surface area contributed by atoms with Crippen molar-refractivity contribution in [3.8, 4) is 0 Å². The molecule has 4 heteroatoms. The van der Waals surface area contributed by atoms with Crippen molar-refractivity contribution >= 4 is 11.9 Å². The number of rotatable bonds is 15. The second-order valence-electron chi connectivity index (χ2n) is 6.42. The van der Waals surface area contributed by atoms with Crippen LogP contribution in [0.4, 0.5) is 0 Å². The van der Waals surface area contributed by atoms with E-state index in [0.29, 0.717) is 0 Å². The molecule has 0 aliphatic rings. The topological polar surface area (TPSA) is 66.4 Å². The molecule has 27 heavy (non-hydrogen) atoms. The standard InChI is InChI=1S/C23H35NO3/c1-3-4-5-6-7-8-9-10-11-12-13-14-15-16-17-18-19-20-22(25)24-21(2)23(26)27/h11-21H,3-10H2,1-2H3,(H,24,25)(H,26,27)/b12-11+,14-13+,16-15+,18-17+,20-19+/t21-/m1/s1. The summed E-state index contributed by atoms with van der Waals surface area (Å²) < 4.78 is 0. The van der Waals surface area contributed by atoms with Crippen molar-refractivity contribution in [2.45, 2.75) is 71.3 Å². The van der Waals surface area contributed by atoms with Gasteiger partial charge in [0, 0.05) is 6.08 Å². The van der Waals surface area contributed by atoms with Gasteiger partial charge in [-0.3, -0.25) is 9.59 Å². The van der Waals surface area contributed by atoms with E-state index in [0.717, 1.165) is 6.42 Å². The second kappa shape index (κ2) is 18.4. The first-order valence-electron chi connectivity index (χ1n) is 9.94. The molecule has 0 unspecified atom stereocenters. The van der Waals surface area contributed by atoms with Gasteiger partial charge in [0.25, 0.3) is 0 Å². The maximum absolute atomic E-state index is 11.4. The van der Waals surface area contributed by atoms with Crippen LogP contribution in [-0.2, 0) is 9.59 Å². The van der Waals surface area contributed by atoms with Crippen LogP contribution in [0.2, 0.25) is 0 Å². The largest absolute Gasteiger partial charge is 0.480 e. The third-order valence-electron chi connectivity index (χ3n) is 3.86.